The minimum Gasteiger partial charge on any atom is -0.390 e. The van der Waals surface area contributed by atoms with E-state index in [9.17, 15) is 4.79 Å². The van der Waals surface area contributed by atoms with Gasteiger partial charge >= 0.3 is 6.03 Å². The van der Waals surface area contributed by atoms with Crippen LogP contribution in [0.25, 0.3) is 0 Å². The normalized spacial score (nSPS) is 12.5. The third-order valence-corrected chi connectivity index (χ3v) is 4.24. The molecule has 2 aromatic rings. The Kier molecular flexibility index (Phi) is 6.73. The molecule has 0 saturated heterocycles. The van der Waals surface area contributed by atoms with Crippen molar-refractivity contribution in [2.24, 2.45) is 5.16 Å². The number of benzene rings is 2. The summed E-state index contributed by atoms with van der Waals surface area (Å²) in [6, 6.07) is 14.6. The Balaban J connectivity index is 2.12. The number of hydrogen-bond donors (Lipinski definition) is 2. The van der Waals surface area contributed by atoms with Gasteiger partial charge in [-0.2, -0.15) is 0 Å². The Morgan fingerprint density at radius 1 is 1.04 bits per heavy atom. The Bertz CT molecular complexity index is 853. The summed E-state index contributed by atoms with van der Waals surface area (Å²) in [6.07, 6.45) is 0. The summed E-state index contributed by atoms with van der Waals surface area (Å²) in [5.74, 6) is 0. The predicted molar refractivity (Wildman–Crippen MR) is 116 cm³/mol. The summed E-state index contributed by atoms with van der Waals surface area (Å²) in [7, 11) is 0. The van der Waals surface area contributed by atoms with E-state index in [4.69, 9.17) is 16.4 Å². The van der Waals surface area contributed by atoms with Crippen LogP contribution in [-0.4, -0.2) is 17.3 Å². The molecule has 28 heavy (non-hydrogen) atoms. The fraction of sp³-hybridized carbons (Fsp3) is 0.364. The molecule has 0 aliphatic carbocycles. The highest BCUT2D eigenvalue weighted by molar-refractivity contribution is 6.30. The van der Waals surface area contributed by atoms with E-state index >= 15 is 0 Å². The minimum atomic E-state index is -0.586. The van der Waals surface area contributed by atoms with Crippen molar-refractivity contribution in [1.29, 1.82) is 0 Å². The molecule has 5 nitrogen and oxygen atoms in total. The highest BCUT2D eigenvalue weighted by atomic mass is 35.5. The number of urea groups is 1. The van der Waals surface area contributed by atoms with Gasteiger partial charge in [0.15, 0.2) is 0 Å². The first kappa shape index (κ1) is 21.8. The van der Waals surface area contributed by atoms with Crippen LogP contribution in [0, 0.1) is 0 Å². The van der Waals surface area contributed by atoms with Crippen molar-refractivity contribution in [2.75, 3.05) is 5.32 Å². The summed E-state index contributed by atoms with van der Waals surface area (Å²) >= 11 is 5.88. The number of anilines is 1. The summed E-state index contributed by atoms with van der Waals surface area (Å²) in [6.45, 7) is 11.7. The SMILES string of the molecule is C/C(=N\OC(C)(C)C)c1cccc(C(C)(C)NC(=O)Nc2ccc(Cl)cc2)c1. The molecule has 0 aliphatic heterocycles. The van der Waals surface area contributed by atoms with E-state index in [1.54, 1.807) is 24.3 Å². The maximum atomic E-state index is 12.4. The molecule has 0 aromatic heterocycles. The van der Waals surface area contributed by atoms with Crippen LogP contribution in [0.4, 0.5) is 10.5 Å². The molecule has 0 spiro atoms. The second-order valence-electron chi connectivity index (χ2n) is 8.17. The number of carbonyl (C=O) groups is 1. The van der Waals surface area contributed by atoms with Crippen LogP contribution in [0.1, 0.15) is 52.7 Å². The molecule has 2 aromatic carbocycles. The Hall–Kier alpha value is -2.53. The van der Waals surface area contributed by atoms with Crippen LogP contribution in [-0.2, 0) is 10.4 Å². The monoisotopic (exact) mass is 401 g/mol. The second-order valence-corrected chi connectivity index (χ2v) is 8.61. The van der Waals surface area contributed by atoms with E-state index in [0.717, 1.165) is 16.8 Å². The van der Waals surface area contributed by atoms with Crippen LogP contribution in [0.15, 0.2) is 53.7 Å². The lowest BCUT2D eigenvalue weighted by molar-refractivity contribution is 0.000952. The van der Waals surface area contributed by atoms with Crippen molar-refractivity contribution in [2.45, 2.75) is 52.7 Å². The lowest BCUT2D eigenvalue weighted by Crippen LogP contribution is -2.43. The van der Waals surface area contributed by atoms with Crippen molar-refractivity contribution in [3.05, 3.63) is 64.7 Å². The topological polar surface area (TPSA) is 62.7 Å². The molecule has 0 saturated carbocycles. The smallest absolute Gasteiger partial charge is 0.319 e. The van der Waals surface area contributed by atoms with Gasteiger partial charge in [-0.15, -0.1) is 0 Å². The van der Waals surface area contributed by atoms with Gasteiger partial charge in [-0.3, -0.25) is 0 Å². The minimum absolute atomic E-state index is 0.292. The van der Waals surface area contributed by atoms with Gasteiger partial charge in [-0.05, 0) is 83.0 Å². The quantitative estimate of drug-likeness (QED) is 0.481. The average Bonchev–Trinajstić information content (AvgIpc) is 2.60. The number of carbonyl (C=O) groups excluding carboxylic acids is 1. The first-order chi connectivity index (χ1) is 13.0. The molecule has 0 fully saturated rings. The summed E-state index contributed by atoms with van der Waals surface area (Å²) in [5, 5.41) is 10.7. The van der Waals surface area contributed by atoms with E-state index in [1.165, 1.54) is 0 Å². The second kappa shape index (κ2) is 8.65. The maximum absolute atomic E-state index is 12.4. The average molecular weight is 402 g/mol. The Morgan fingerprint density at radius 2 is 1.68 bits per heavy atom. The molecule has 0 unspecified atom stereocenters. The van der Waals surface area contributed by atoms with E-state index in [0.29, 0.717) is 10.7 Å². The molecule has 0 atom stereocenters. The summed E-state index contributed by atoms with van der Waals surface area (Å²) < 4.78 is 0. The van der Waals surface area contributed by atoms with Gasteiger partial charge < -0.3 is 15.5 Å². The summed E-state index contributed by atoms with van der Waals surface area (Å²) in [5.41, 5.74) is 2.42. The first-order valence-electron chi connectivity index (χ1n) is 9.15. The lowest BCUT2D eigenvalue weighted by Gasteiger charge is -2.27. The zero-order valence-corrected chi connectivity index (χ0v) is 18.0. The van der Waals surface area contributed by atoms with Gasteiger partial charge in [-0.1, -0.05) is 35.0 Å². The van der Waals surface area contributed by atoms with Crippen LogP contribution < -0.4 is 10.6 Å². The standard InChI is InChI=1S/C22H28ClN3O2/c1-15(26-28-21(2,3)4)16-8-7-9-17(14-16)22(5,6)25-20(27)24-19-12-10-18(23)11-13-19/h7-14H,1-6H3,(H2,24,25,27)/b26-15+. The van der Waals surface area contributed by atoms with Gasteiger partial charge in [0.05, 0.1) is 11.3 Å². The van der Waals surface area contributed by atoms with Crippen molar-refractivity contribution in [1.82, 2.24) is 5.32 Å². The van der Waals surface area contributed by atoms with Crippen molar-refractivity contribution in [3.8, 4) is 0 Å². The van der Waals surface area contributed by atoms with Crippen LogP contribution in [0.5, 0.6) is 0 Å². The largest absolute Gasteiger partial charge is 0.390 e. The fourth-order valence-electron chi connectivity index (χ4n) is 2.44. The maximum Gasteiger partial charge on any atom is 0.319 e. The van der Waals surface area contributed by atoms with E-state index in [1.807, 2.05) is 65.8 Å². The van der Waals surface area contributed by atoms with Crippen molar-refractivity contribution < 1.29 is 9.63 Å². The van der Waals surface area contributed by atoms with Crippen LogP contribution in [0.2, 0.25) is 5.02 Å². The van der Waals surface area contributed by atoms with Crippen LogP contribution >= 0.6 is 11.6 Å². The number of hydrogen-bond acceptors (Lipinski definition) is 3. The first-order valence-corrected chi connectivity index (χ1v) is 9.52. The van der Waals surface area contributed by atoms with Gasteiger partial charge in [-0.25, -0.2) is 4.79 Å². The van der Waals surface area contributed by atoms with Crippen LogP contribution in [0.3, 0.4) is 0 Å². The van der Waals surface area contributed by atoms with E-state index < -0.39 is 5.54 Å². The zero-order valence-electron chi connectivity index (χ0n) is 17.3. The fourth-order valence-corrected chi connectivity index (χ4v) is 2.57. The molecule has 6 heteroatoms. The summed E-state index contributed by atoms with van der Waals surface area (Å²) in [4.78, 5) is 17.9. The Morgan fingerprint density at radius 3 is 2.29 bits per heavy atom. The van der Waals surface area contributed by atoms with E-state index in [-0.39, 0.29) is 11.6 Å². The molecule has 150 valence electrons. The number of rotatable bonds is 5. The highest BCUT2D eigenvalue weighted by Gasteiger charge is 2.23. The third-order valence-electron chi connectivity index (χ3n) is 3.99. The molecule has 0 heterocycles. The molecule has 0 radical (unpaired) electrons. The number of oxime groups is 1. The molecular formula is C22H28ClN3O2. The van der Waals surface area contributed by atoms with Crippen molar-refractivity contribution in [3.63, 3.8) is 0 Å². The molecule has 2 N–H and O–H groups in total. The Labute approximate surface area is 172 Å². The van der Waals surface area contributed by atoms with Gasteiger partial charge in [0.2, 0.25) is 0 Å². The van der Waals surface area contributed by atoms with E-state index in [2.05, 4.69) is 15.8 Å². The highest BCUT2D eigenvalue weighted by Crippen LogP contribution is 2.22. The molecule has 2 amide bonds. The molecule has 0 aliphatic rings. The predicted octanol–water partition coefficient (Wildman–Crippen LogP) is 5.94. The number of halogens is 1. The molecule has 0 bridgehead atoms. The lowest BCUT2D eigenvalue weighted by atomic mass is 9.92. The van der Waals surface area contributed by atoms with Gasteiger partial charge in [0.25, 0.3) is 0 Å². The molecular weight excluding hydrogens is 374 g/mol. The van der Waals surface area contributed by atoms with Gasteiger partial charge in [0, 0.05) is 10.7 Å². The zero-order chi connectivity index (χ0) is 20.9. The number of nitrogens with one attached hydrogen (secondary N) is 2. The number of amides is 2. The van der Waals surface area contributed by atoms with Crippen molar-refractivity contribution >= 4 is 29.0 Å². The third kappa shape index (κ3) is 6.57. The number of nitrogens with zero attached hydrogens (tertiary/aromatic N) is 1. The van der Waals surface area contributed by atoms with Gasteiger partial charge in [0.1, 0.15) is 5.60 Å². The molecule has 2 rings (SSSR count).